The summed E-state index contributed by atoms with van der Waals surface area (Å²) in [5, 5.41) is 14.0. The Kier molecular flexibility index (Phi) is 4.30. The van der Waals surface area contributed by atoms with Crippen LogP contribution in [0, 0.1) is 39.0 Å². The zero-order valence-corrected chi connectivity index (χ0v) is 22.2. The molecule has 1 aliphatic heterocycles. The molecule has 0 aliphatic carbocycles. The number of hydrogen-bond acceptors (Lipinski definition) is 3. The van der Waals surface area contributed by atoms with E-state index in [1.807, 2.05) is 18.3 Å². The van der Waals surface area contributed by atoms with Gasteiger partial charge in [-0.2, -0.15) is 5.26 Å². The van der Waals surface area contributed by atoms with Gasteiger partial charge in [-0.1, -0.05) is 41.5 Å². The lowest BCUT2D eigenvalue weighted by Gasteiger charge is -2.29. The van der Waals surface area contributed by atoms with Crippen molar-refractivity contribution < 1.29 is 0 Å². The first kappa shape index (κ1) is 22.1. The standard InChI is InChI=1S/C33H24BN5/c1-18-11-20(3)31-24(13-18)25-14-19(2)12-21(4)32(25)39(31)34-26-7-5-6-8-27(26)38-28-16-36-17-37-30(28)23-10-9-22(15-35)29(34)33(23)38/h5-14,16-17H,1-4H3. The van der Waals surface area contributed by atoms with E-state index in [4.69, 9.17) is 0 Å². The fraction of sp³-hybridized carbons (Fsp3) is 0.121. The highest BCUT2D eigenvalue weighted by molar-refractivity contribution is 6.88. The minimum atomic E-state index is -0.188. The molecule has 0 fully saturated rings. The Morgan fingerprint density at radius 1 is 0.795 bits per heavy atom. The first-order chi connectivity index (χ1) is 19.0. The molecule has 0 atom stereocenters. The number of fused-ring (bicyclic) bond motifs is 8. The molecule has 3 aromatic heterocycles. The molecule has 4 aromatic carbocycles. The molecule has 0 bridgehead atoms. The molecule has 0 spiro atoms. The van der Waals surface area contributed by atoms with Crippen molar-refractivity contribution in [3.63, 3.8) is 0 Å². The lowest BCUT2D eigenvalue weighted by atomic mass is 9.47. The molecule has 8 rings (SSSR count). The van der Waals surface area contributed by atoms with E-state index in [0.29, 0.717) is 5.56 Å². The summed E-state index contributed by atoms with van der Waals surface area (Å²) >= 11 is 0. The van der Waals surface area contributed by atoms with Gasteiger partial charge in [-0.3, -0.25) is 0 Å². The Morgan fingerprint density at radius 3 is 2.18 bits per heavy atom. The first-order valence-electron chi connectivity index (χ1n) is 13.3. The van der Waals surface area contributed by atoms with Crippen LogP contribution in [0.4, 0.5) is 0 Å². The second-order valence-corrected chi connectivity index (χ2v) is 10.9. The average molecular weight is 501 g/mol. The number of para-hydroxylation sites is 1. The molecular formula is C33H24BN5. The molecule has 39 heavy (non-hydrogen) atoms. The second-order valence-electron chi connectivity index (χ2n) is 10.9. The Balaban J connectivity index is 1.66. The quantitative estimate of drug-likeness (QED) is 0.269. The fourth-order valence-corrected chi connectivity index (χ4v) is 7.16. The van der Waals surface area contributed by atoms with Gasteiger partial charge in [0, 0.05) is 32.9 Å². The van der Waals surface area contributed by atoms with E-state index in [9.17, 15) is 5.26 Å². The highest BCUT2D eigenvalue weighted by Gasteiger charge is 2.38. The summed E-state index contributed by atoms with van der Waals surface area (Å²) in [6.07, 6.45) is 3.49. The molecule has 184 valence electrons. The monoisotopic (exact) mass is 501 g/mol. The highest BCUT2D eigenvalue weighted by Crippen LogP contribution is 2.38. The SMILES string of the molecule is Cc1cc(C)c2c(c1)c1cc(C)cc(C)c1n2B1c2ccccc2-n2c3cncnc3c3ccc(C#N)c1c32. The van der Waals surface area contributed by atoms with Crippen molar-refractivity contribution in [3.8, 4) is 11.8 Å². The number of hydrogen-bond donors (Lipinski definition) is 0. The van der Waals surface area contributed by atoms with Crippen molar-refractivity contribution in [1.82, 2.24) is 19.0 Å². The zero-order valence-electron chi connectivity index (χ0n) is 22.2. The third kappa shape index (κ3) is 2.74. The summed E-state index contributed by atoms with van der Waals surface area (Å²) in [4.78, 5) is 9.06. The van der Waals surface area contributed by atoms with Crippen LogP contribution in [-0.4, -0.2) is 25.9 Å². The molecule has 0 radical (unpaired) electrons. The predicted molar refractivity (Wildman–Crippen MR) is 160 cm³/mol. The van der Waals surface area contributed by atoms with Crippen LogP contribution in [0.1, 0.15) is 27.8 Å². The molecule has 4 heterocycles. The van der Waals surface area contributed by atoms with Gasteiger partial charge in [0.25, 0.3) is 0 Å². The van der Waals surface area contributed by atoms with E-state index >= 15 is 0 Å². The molecule has 0 saturated carbocycles. The van der Waals surface area contributed by atoms with Gasteiger partial charge in [-0.05, 0) is 80.1 Å². The van der Waals surface area contributed by atoms with E-state index in [-0.39, 0.29) is 6.85 Å². The number of aromatic nitrogens is 4. The Labute approximate surface area is 226 Å². The summed E-state index contributed by atoms with van der Waals surface area (Å²) in [6.45, 7) is 8.57. The van der Waals surface area contributed by atoms with Gasteiger partial charge in [0.15, 0.2) is 0 Å². The molecule has 5 nitrogen and oxygen atoms in total. The first-order valence-corrected chi connectivity index (χ1v) is 13.3. The summed E-state index contributed by atoms with van der Waals surface area (Å²) in [5.74, 6) is 0. The lowest BCUT2D eigenvalue weighted by Crippen LogP contribution is -2.54. The Hall–Kier alpha value is -4.89. The molecule has 7 aromatic rings. The average Bonchev–Trinajstić information content (AvgIpc) is 3.43. The van der Waals surface area contributed by atoms with E-state index in [1.54, 1.807) is 6.33 Å². The molecule has 0 amide bonds. The topological polar surface area (TPSA) is 59.4 Å². The van der Waals surface area contributed by atoms with Crippen LogP contribution in [0.5, 0.6) is 0 Å². The summed E-state index contributed by atoms with van der Waals surface area (Å²) in [5.41, 5.74) is 14.3. The lowest BCUT2D eigenvalue weighted by molar-refractivity contribution is 1.14. The van der Waals surface area contributed by atoms with Crippen LogP contribution in [-0.2, 0) is 0 Å². The van der Waals surface area contributed by atoms with Gasteiger partial charge in [-0.15, -0.1) is 0 Å². The maximum Gasteiger partial charge on any atom is 0.333 e. The smallest absolute Gasteiger partial charge is 0.333 e. The highest BCUT2D eigenvalue weighted by atomic mass is 15.0. The Morgan fingerprint density at radius 2 is 1.49 bits per heavy atom. The molecule has 6 heteroatoms. The van der Waals surface area contributed by atoms with Crippen LogP contribution in [0.15, 0.2) is 73.2 Å². The summed E-state index contributed by atoms with van der Waals surface area (Å²) in [7, 11) is 0. The second kappa shape index (κ2) is 7.58. The summed E-state index contributed by atoms with van der Waals surface area (Å²) < 4.78 is 4.77. The number of benzene rings is 4. The number of nitrogens with zero attached hydrogens (tertiary/aromatic N) is 5. The minimum absolute atomic E-state index is 0.188. The molecule has 0 N–H and O–H groups in total. The number of nitriles is 1. The fourth-order valence-electron chi connectivity index (χ4n) is 7.16. The van der Waals surface area contributed by atoms with Crippen molar-refractivity contribution in [2.45, 2.75) is 27.7 Å². The van der Waals surface area contributed by atoms with Crippen LogP contribution < -0.4 is 10.9 Å². The van der Waals surface area contributed by atoms with Crippen LogP contribution in [0.25, 0.3) is 49.4 Å². The van der Waals surface area contributed by atoms with Crippen molar-refractivity contribution >= 4 is 61.5 Å². The van der Waals surface area contributed by atoms with Gasteiger partial charge in [0.1, 0.15) is 6.33 Å². The third-order valence-electron chi connectivity index (χ3n) is 8.42. The molecule has 0 saturated heterocycles. The minimum Gasteiger partial charge on any atom is -0.375 e. The Bertz CT molecular complexity index is 2180. The largest absolute Gasteiger partial charge is 0.375 e. The van der Waals surface area contributed by atoms with Crippen LogP contribution in [0.3, 0.4) is 0 Å². The third-order valence-corrected chi connectivity index (χ3v) is 8.42. The molecule has 1 aliphatic rings. The van der Waals surface area contributed by atoms with E-state index in [1.165, 1.54) is 44.1 Å². The van der Waals surface area contributed by atoms with Crippen molar-refractivity contribution in [2.75, 3.05) is 0 Å². The van der Waals surface area contributed by atoms with Gasteiger partial charge in [0.2, 0.25) is 0 Å². The van der Waals surface area contributed by atoms with Crippen molar-refractivity contribution in [1.29, 1.82) is 5.26 Å². The van der Waals surface area contributed by atoms with E-state index in [2.05, 4.69) is 101 Å². The van der Waals surface area contributed by atoms with E-state index < -0.39 is 0 Å². The van der Waals surface area contributed by atoms with Crippen LogP contribution >= 0.6 is 0 Å². The molecule has 0 unspecified atom stereocenters. The van der Waals surface area contributed by atoms with Crippen molar-refractivity contribution in [2.24, 2.45) is 0 Å². The number of rotatable bonds is 1. The maximum atomic E-state index is 10.5. The zero-order chi connectivity index (χ0) is 26.6. The predicted octanol–water partition coefficient (Wildman–Crippen LogP) is 5.75. The van der Waals surface area contributed by atoms with Gasteiger partial charge in [0.05, 0.1) is 34.4 Å². The summed E-state index contributed by atoms with van der Waals surface area (Å²) in [6, 6.07) is 24.3. The number of aryl methyl sites for hydroxylation is 4. The van der Waals surface area contributed by atoms with Gasteiger partial charge < -0.3 is 9.05 Å². The van der Waals surface area contributed by atoms with Crippen molar-refractivity contribution in [3.05, 3.63) is 101 Å². The van der Waals surface area contributed by atoms with Crippen LogP contribution in [0.2, 0.25) is 0 Å². The van der Waals surface area contributed by atoms with E-state index in [0.717, 1.165) is 38.5 Å². The molecular weight excluding hydrogens is 477 g/mol. The van der Waals surface area contributed by atoms with Gasteiger partial charge >= 0.3 is 6.85 Å². The normalized spacial score (nSPS) is 12.5. The van der Waals surface area contributed by atoms with Gasteiger partial charge in [-0.25, -0.2) is 9.97 Å². The maximum absolute atomic E-state index is 10.5.